The van der Waals surface area contributed by atoms with Gasteiger partial charge in [0.25, 0.3) is 11.5 Å². The Hall–Kier alpha value is -3.06. The van der Waals surface area contributed by atoms with Gasteiger partial charge in [-0.05, 0) is 30.3 Å². The molecule has 3 heterocycles. The van der Waals surface area contributed by atoms with Crippen molar-refractivity contribution in [3.8, 4) is 0 Å². The monoisotopic (exact) mass is 493 g/mol. The van der Waals surface area contributed by atoms with Gasteiger partial charge >= 0.3 is 5.69 Å². The third-order valence-corrected chi connectivity index (χ3v) is 7.69. The summed E-state index contributed by atoms with van der Waals surface area (Å²) in [5.41, 5.74) is -0.909. The molecule has 174 valence electrons. The number of nitrogens with one attached hydrogen (secondary N) is 1. The number of aromatic nitrogens is 3. The summed E-state index contributed by atoms with van der Waals surface area (Å²) in [7, 11) is -1.08. The van der Waals surface area contributed by atoms with Crippen LogP contribution in [0, 0.1) is 0 Å². The zero-order valence-electron chi connectivity index (χ0n) is 17.7. The quantitative estimate of drug-likeness (QED) is 0.561. The average molecular weight is 494 g/mol. The van der Waals surface area contributed by atoms with Gasteiger partial charge in [-0.15, -0.1) is 0 Å². The van der Waals surface area contributed by atoms with Gasteiger partial charge in [0.2, 0.25) is 10.0 Å². The minimum atomic E-state index is -3.88. The van der Waals surface area contributed by atoms with Crippen molar-refractivity contribution in [3.05, 3.63) is 61.9 Å². The Morgan fingerprint density at radius 1 is 1.09 bits per heavy atom. The first-order valence-corrected chi connectivity index (χ1v) is 11.7. The van der Waals surface area contributed by atoms with Crippen LogP contribution >= 0.6 is 11.6 Å². The van der Waals surface area contributed by atoms with Crippen molar-refractivity contribution < 1.29 is 17.9 Å². The number of morpholine rings is 1. The van der Waals surface area contributed by atoms with Crippen LogP contribution in [0.5, 0.6) is 0 Å². The first-order chi connectivity index (χ1) is 15.6. The SMILES string of the molecule is Cn1c(=O)c2ccc(C(=O)Nc3ccc(Cl)c(S(=O)(=O)N4CCOCC4)c3)nc2n(C)c1=O. The van der Waals surface area contributed by atoms with Gasteiger partial charge < -0.3 is 10.1 Å². The number of anilines is 1. The van der Waals surface area contributed by atoms with Gasteiger partial charge in [0.1, 0.15) is 16.2 Å². The molecule has 1 aliphatic heterocycles. The number of nitrogens with zero attached hydrogens (tertiary/aromatic N) is 4. The zero-order chi connectivity index (χ0) is 23.9. The van der Waals surface area contributed by atoms with Crippen LogP contribution in [0.3, 0.4) is 0 Å². The van der Waals surface area contributed by atoms with Gasteiger partial charge in [-0.3, -0.25) is 18.7 Å². The van der Waals surface area contributed by atoms with Crippen LogP contribution in [0.4, 0.5) is 5.69 Å². The Morgan fingerprint density at radius 3 is 2.48 bits per heavy atom. The van der Waals surface area contributed by atoms with E-state index in [0.29, 0.717) is 0 Å². The highest BCUT2D eigenvalue weighted by atomic mass is 35.5. The van der Waals surface area contributed by atoms with Crippen LogP contribution in [0.15, 0.2) is 44.8 Å². The fraction of sp³-hybridized carbons (Fsp3) is 0.300. The molecule has 0 spiro atoms. The molecule has 0 radical (unpaired) electrons. The normalized spacial score (nSPS) is 15.0. The van der Waals surface area contributed by atoms with Crippen LogP contribution in [-0.4, -0.2) is 59.1 Å². The summed E-state index contributed by atoms with van der Waals surface area (Å²) < 4.78 is 34.6. The summed E-state index contributed by atoms with van der Waals surface area (Å²) >= 11 is 6.15. The Morgan fingerprint density at radius 2 is 1.79 bits per heavy atom. The van der Waals surface area contributed by atoms with E-state index in [-0.39, 0.29) is 58.6 Å². The summed E-state index contributed by atoms with van der Waals surface area (Å²) in [6, 6.07) is 6.88. The van der Waals surface area contributed by atoms with Crippen LogP contribution in [0.1, 0.15) is 10.5 Å². The third kappa shape index (κ3) is 4.17. The van der Waals surface area contributed by atoms with E-state index in [1.54, 1.807) is 0 Å². The highest BCUT2D eigenvalue weighted by molar-refractivity contribution is 7.89. The van der Waals surface area contributed by atoms with Crippen molar-refractivity contribution >= 4 is 44.3 Å². The number of halogens is 1. The maximum atomic E-state index is 13.0. The fourth-order valence-corrected chi connectivity index (χ4v) is 5.39. The van der Waals surface area contributed by atoms with E-state index in [1.807, 2.05) is 0 Å². The van der Waals surface area contributed by atoms with Gasteiger partial charge in [0.05, 0.1) is 23.6 Å². The summed E-state index contributed by atoms with van der Waals surface area (Å²) in [6.07, 6.45) is 0. The predicted molar refractivity (Wildman–Crippen MR) is 121 cm³/mol. The molecule has 33 heavy (non-hydrogen) atoms. The molecule has 1 fully saturated rings. The maximum absolute atomic E-state index is 13.0. The molecule has 0 saturated carbocycles. The standard InChI is InChI=1S/C20H20ClN5O6S/c1-24-17-13(19(28)25(2)20(24)29)4-6-15(23-17)18(27)22-12-3-5-14(21)16(11-12)33(30,31)26-7-9-32-10-8-26/h3-6,11H,7-10H2,1-2H3,(H,22,27). The molecule has 13 heteroatoms. The number of fused-ring (bicyclic) bond motifs is 1. The Kier molecular flexibility index (Phi) is 6.10. The number of amides is 1. The lowest BCUT2D eigenvalue weighted by atomic mass is 10.2. The number of aryl methyl sites for hydroxylation is 1. The molecule has 2 aromatic heterocycles. The average Bonchev–Trinajstić information content (AvgIpc) is 2.82. The highest BCUT2D eigenvalue weighted by Crippen LogP contribution is 2.28. The second kappa shape index (κ2) is 8.71. The molecule has 1 N–H and O–H groups in total. The maximum Gasteiger partial charge on any atom is 0.332 e. The number of sulfonamides is 1. The largest absolute Gasteiger partial charge is 0.379 e. The minimum Gasteiger partial charge on any atom is -0.379 e. The van der Waals surface area contributed by atoms with E-state index in [0.717, 1.165) is 4.57 Å². The van der Waals surface area contributed by atoms with Crippen molar-refractivity contribution in [2.75, 3.05) is 31.6 Å². The second-order valence-corrected chi connectivity index (χ2v) is 9.70. The van der Waals surface area contributed by atoms with Gasteiger partial charge in [0.15, 0.2) is 0 Å². The third-order valence-electron chi connectivity index (χ3n) is 5.31. The van der Waals surface area contributed by atoms with Gasteiger partial charge in [-0.1, -0.05) is 11.6 Å². The topological polar surface area (TPSA) is 133 Å². The molecule has 3 aromatic rings. The zero-order valence-corrected chi connectivity index (χ0v) is 19.3. The van der Waals surface area contributed by atoms with Crippen LogP contribution in [0.25, 0.3) is 11.0 Å². The van der Waals surface area contributed by atoms with Crippen molar-refractivity contribution in [1.29, 1.82) is 0 Å². The van der Waals surface area contributed by atoms with Gasteiger partial charge in [0, 0.05) is 32.9 Å². The predicted octanol–water partition coefficient (Wildman–Crippen LogP) is 0.559. The number of rotatable bonds is 4. The lowest BCUT2D eigenvalue weighted by Gasteiger charge is -2.26. The summed E-state index contributed by atoms with van der Waals surface area (Å²) in [6.45, 7) is 0.974. The van der Waals surface area contributed by atoms with E-state index < -0.39 is 27.2 Å². The van der Waals surface area contributed by atoms with Crippen LogP contribution < -0.4 is 16.6 Å². The first-order valence-electron chi connectivity index (χ1n) is 9.87. The Bertz CT molecular complexity index is 1490. The highest BCUT2D eigenvalue weighted by Gasteiger charge is 2.29. The number of carbonyl (C=O) groups excluding carboxylic acids is 1. The van der Waals surface area contributed by atoms with Gasteiger partial charge in [-0.25, -0.2) is 18.2 Å². The fourth-order valence-electron chi connectivity index (χ4n) is 3.48. The molecule has 1 aromatic carbocycles. The Labute approximate surface area is 193 Å². The Balaban J connectivity index is 1.67. The number of carbonyl (C=O) groups is 1. The van der Waals surface area contributed by atoms with Gasteiger partial charge in [-0.2, -0.15) is 4.31 Å². The second-order valence-electron chi connectivity index (χ2n) is 7.39. The van der Waals surface area contributed by atoms with Crippen LogP contribution in [-0.2, 0) is 28.9 Å². The van der Waals surface area contributed by atoms with E-state index in [9.17, 15) is 22.8 Å². The molecule has 11 nitrogen and oxygen atoms in total. The van der Waals surface area contributed by atoms with E-state index >= 15 is 0 Å². The van der Waals surface area contributed by atoms with E-state index in [4.69, 9.17) is 16.3 Å². The number of benzene rings is 1. The molecule has 0 aliphatic carbocycles. The molecule has 4 rings (SSSR count). The van der Waals surface area contributed by atoms with Crippen molar-refractivity contribution in [3.63, 3.8) is 0 Å². The van der Waals surface area contributed by atoms with E-state index in [2.05, 4.69) is 10.3 Å². The smallest absolute Gasteiger partial charge is 0.332 e. The first kappa shape index (κ1) is 23.1. The van der Waals surface area contributed by atoms with Crippen molar-refractivity contribution in [1.82, 2.24) is 18.4 Å². The summed E-state index contributed by atoms with van der Waals surface area (Å²) in [5, 5.41) is 2.79. The van der Waals surface area contributed by atoms with Crippen molar-refractivity contribution in [2.45, 2.75) is 4.90 Å². The number of hydrogen-bond donors (Lipinski definition) is 1. The summed E-state index contributed by atoms with van der Waals surface area (Å²) in [5.74, 6) is -0.651. The molecule has 1 saturated heterocycles. The molecule has 0 bridgehead atoms. The lowest BCUT2D eigenvalue weighted by Crippen LogP contribution is -2.40. The molecular formula is C20H20ClN5O6S. The molecular weight excluding hydrogens is 474 g/mol. The molecule has 0 atom stereocenters. The van der Waals surface area contributed by atoms with E-state index in [1.165, 1.54) is 53.3 Å². The van der Waals surface area contributed by atoms with Crippen LogP contribution in [0.2, 0.25) is 5.02 Å². The van der Waals surface area contributed by atoms with Crippen molar-refractivity contribution in [2.24, 2.45) is 14.1 Å². The summed E-state index contributed by atoms with van der Waals surface area (Å²) in [4.78, 5) is 41.3. The molecule has 1 aliphatic rings. The number of hydrogen-bond acceptors (Lipinski definition) is 7. The number of pyridine rings is 1. The molecule has 1 amide bonds. The minimum absolute atomic E-state index is 0.0224. The number of ether oxygens (including phenoxy) is 1. The molecule has 0 unspecified atom stereocenters. The lowest BCUT2D eigenvalue weighted by molar-refractivity contribution is 0.0730.